The fourth-order valence-electron chi connectivity index (χ4n) is 2.10. The van der Waals surface area contributed by atoms with Gasteiger partial charge in [-0.2, -0.15) is 15.8 Å². The zero-order valence-electron chi connectivity index (χ0n) is 11.7. The third-order valence-electron chi connectivity index (χ3n) is 3.18. The lowest BCUT2D eigenvalue weighted by molar-refractivity contribution is 1.43. The molecule has 6 heteroatoms. The number of aromatic nitrogens is 1. The van der Waals surface area contributed by atoms with Gasteiger partial charge in [-0.1, -0.05) is 6.07 Å². The summed E-state index contributed by atoms with van der Waals surface area (Å²) in [6.07, 6.45) is 0. The standard InChI is InChI=1S/C17H8N4S2/c18-8-11(9-19)12(10-20)15-5-6-17(23-15)14-4-3-13(21-14)16-2-1-7-22-16/h1-7,21H. The van der Waals surface area contributed by atoms with Gasteiger partial charge in [-0.25, -0.2) is 0 Å². The van der Waals surface area contributed by atoms with E-state index >= 15 is 0 Å². The summed E-state index contributed by atoms with van der Waals surface area (Å²) in [6, 6.07) is 17.2. The van der Waals surface area contributed by atoms with Crippen LogP contribution in [0.5, 0.6) is 0 Å². The van der Waals surface area contributed by atoms with Crippen LogP contribution in [-0.4, -0.2) is 4.98 Å². The number of thiophene rings is 2. The summed E-state index contributed by atoms with van der Waals surface area (Å²) in [4.78, 5) is 6.07. The molecule has 3 aromatic heterocycles. The first-order chi connectivity index (χ1) is 11.3. The Bertz CT molecular complexity index is 982. The van der Waals surface area contributed by atoms with Crippen LogP contribution in [0.3, 0.4) is 0 Å². The zero-order chi connectivity index (χ0) is 16.2. The van der Waals surface area contributed by atoms with Gasteiger partial charge in [0.25, 0.3) is 0 Å². The summed E-state index contributed by atoms with van der Waals surface area (Å²) >= 11 is 3.04. The molecule has 4 nitrogen and oxygen atoms in total. The summed E-state index contributed by atoms with van der Waals surface area (Å²) in [7, 11) is 0. The molecule has 0 aliphatic rings. The molecule has 0 unspecified atom stereocenters. The highest BCUT2D eigenvalue weighted by Gasteiger charge is 2.13. The first kappa shape index (κ1) is 14.8. The van der Waals surface area contributed by atoms with E-state index in [4.69, 9.17) is 10.5 Å². The minimum atomic E-state index is -0.160. The molecule has 0 amide bonds. The van der Waals surface area contributed by atoms with E-state index < -0.39 is 0 Å². The molecule has 3 aromatic rings. The van der Waals surface area contributed by atoms with Crippen LogP contribution >= 0.6 is 22.7 Å². The molecule has 0 atom stereocenters. The van der Waals surface area contributed by atoms with Crippen molar-refractivity contribution in [2.45, 2.75) is 0 Å². The van der Waals surface area contributed by atoms with E-state index in [2.05, 4.69) is 4.98 Å². The first-order valence-electron chi connectivity index (χ1n) is 6.55. The van der Waals surface area contributed by atoms with E-state index in [0.717, 1.165) is 21.1 Å². The van der Waals surface area contributed by atoms with Crippen molar-refractivity contribution < 1.29 is 0 Å². The van der Waals surface area contributed by atoms with Gasteiger partial charge in [-0.3, -0.25) is 0 Å². The van der Waals surface area contributed by atoms with E-state index in [1.54, 1.807) is 29.5 Å². The third-order valence-corrected chi connectivity index (χ3v) is 5.22. The predicted molar refractivity (Wildman–Crippen MR) is 91.2 cm³/mol. The number of nitrogens with one attached hydrogen (secondary N) is 1. The minimum absolute atomic E-state index is 0.122. The van der Waals surface area contributed by atoms with E-state index in [9.17, 15) is 5.26 Å². The average Bonchev–Trinajstić information content (AvgIpc) is 3.32. The molecule has 0 radical (unpaired) electrons. The second kappa shape index (κ2) is 6.34. The Morgan fingerprint density at radius 2 is 1.61 bits per heavy atom. The number of nitrogens with zero attached hydrogens (tertiary/aromatic N) is 3. The lowest BCUT2D eigenvalue weighted by atomic mass is 10.1. The lowest BCUT2D eigenvalue weighted by Crippen LogP contribution is -1.81. The molecule has 0 saturated carbocycles. The lowest BCUT2D eigenvalue weighted by Gasteiger charge is -1.94. The quantitative estimate of drug-likeness (QED) is 0.699. The maximum Gasteiger partial charge on any atom is 0.148 e. The van der Waals surface area contributed by atoms with Gasteiger partial charge >= 0.3 is 0 Å². The van der Waals surface area contributed by atoms with Gasteiger partial charge in [0, 0.05) is 4.88 Å². The summed E-state index contributed by atoms with van der Waals surface area (Å²) in [5, 5.41) is 29.1. The summed E-state index contributed by atoms with van der Waals surface area (Å²) in [5.74, 6) is 0. The molecule has 0 fully saturated rings. The molecular formula is C17H8N4S2. The first-order valence-corrected chi connectivity index (χ1v) is 8.24. The fraction of sp³-hybridized carbons (Fsp3) is 0. The molecule has 1 N–H and O–H groups in total. The molecule has 0 aromatic carbocycles. The molecule has 3 heterocycles. The highest BCUT2D eigenvalue weighted by molar-refractivity contribution is 7.16. The molecule has 0 bridgehead atoms. The third kappa shape index (κ3) is 2.80. The van der Waals surface area contributed by atoms with Crippen molar-refractivity contribution >= 4 is 28.2 Å². The van der Waals surface area contributed by atoms with Crippen molar-refractivity contribution in [1.82, 2.24) is 4.98 Å². The van der Waals surface area contributed by atoms with Crippen molar-refractivity contribution in [3.63, 3.8) is 0 Å². The number of nitriles is 3. The number of allylic oxidation sites excluding steroid dienone is 2. The van der Waals surface area contributed by atoms with Crippen LogP contribution in [0.15, 0.2) is 47.4 Å². The van der Waals surface area contributed by atoms with Crippen molar-refractivity contribution in [2.75, 3.05) is 0 Å². The van der Waals surface area contributed by atoms with Gasteiger partial charge in [-0.05, 0) is 35.7 Å². The molecule has 0 spiro atoms. The second-order valence-corrected chi connectivity index (χ2v) is 6.54. The second-order valence-electron chi connectivity index (χ2n) is 4.51. The summed E-state index contributed by atoms with van der Waals surface area (Å²) < 4.78 is 0. The highest BCUT2D eigenvalue weighted by Crippen LogP contribution is 2.34. The van der Waals surface area contributed by atoms with E-state index in [-0.39, 0.29) is 11.1 Å². The number of hydrogen-bond donors (Lipinski definition) is 1. The largest absolute Gasteiger partial charge is 0.353 e. The normalized spacial score (nSPS) is 9.61. The minimum Gasteiger partial charge on any atom is -0.353 e. The SMILES string of the molecule is N#CC(C#N)=C(C#N)c1ccc(-c2ccc(-c3cccs3)[nH]2)s1. The van der Waals surface area contributed by atoms with Crippen LogP contribution < -0.4 is 0 Å². The molecular weight excluding hydrogens is 324 g/mol. The van der Waals surface area contributed by atoms with Crippen LogP contribution in [0.4, 0.5) is 0 Å². The van der Waals surface area contributed by atoms with Gasteiger partial charge < -0.3 is 4.98 Å². The van der Waals surface area contributed by atoms with Crippen molar-refractivity contribution in [3.05, 3.63) is 52.2 Å². The maximum atomic E-state index is 9.21. The van der Waals surface area contributed by atoms with Crippen LogP contribution in [0, 0.1) is 34.0 Å². The number of hydrogen-bond acceptors (Lipinski definition) is 5. The summed E-state index contributed by atoms with van der Waals surface area (Å²) in [5.41, 5.74) is 1.94. The van der Waals surface area contributed by atoms with Crippen LogP contribution in [-0.2, 0) is 0 Å². The maximum absolute atomic E-state index is 9.21. The van der Waals surface area contributed by atoms with Gasteiger partial charge in [0.2, 0.25) is 0 Å². The molecule has 3 rings (SSSR count). The average molecular weight is 332 g/mol. The molecule has 108 valence electrons. The van der Waals surface area contributed by atoms with Gasteiger partial charge in [0.05, 0.1) is 26.7 Å². The van der Waals surface area contributed by atoms with Gasteiger partial charge in [0.1, 0.15) is 23.8 Å². The van der Waals surface area contributed by atoms with Gasteiger partial charge in [-0.15, -0.1) is 22.7 Å². The monoisotopic (exact) mass is 332 g/mol. The van der Waals surface area contributed by atoms with E-state index in [0.29, 0.717) is 4.88 Å². The van der Waals surface area contributed by atoms with Crippen molar-refractivity contribution in [3.8, 4) is 39.3 Å². The highest BCUT2D eigenvalue weighted by atomic mass is 32.1. The number of H-pyrrole nitrogens is 1. The Morgan fingerprint density at radius 1 is 0.870 bits per heavy atom. The van der Waals surface area contributed by atoms with Crippen molar-refractivity contribution in [2.24, 2.45) is 0 Å². The van der Waals surface area contributed by atoms with Crippen LogP contribution in [0.25, 0.3) is 26.7 Å². The summed E-state index contributed by atoms with van der Waals surface area (Å²) in [6.45, 7) is 0. The molecule has 0 aliphatic carbocycles. The fourth-order valence-corrected chi connectivity index (χ4v) is 3.80. The predicted octanol–water partition coefficient (Wildman–Crippen LogP) is 4.80. The smallest absolute Gasteiger partial charge is 0.148 e. The van der Waals surface area contributed by atoms with Crippen LogP contribution in [0.2, 0.25) is 0 Å². The van der Waals surface area contributed by atoms with E-state index in [1.165, 1.54) is 11.3 Å². The molecule has 23 heavy (non-hydrogen) atoms. The molecule has 0 saturated heterocycles. The Balaban J connectivity index is 1.98. The Labute approximate surface area is 140 Å². The Morgan fingerprint density at radius 3 is 2.22 bits per heavy atom. The molecule has 0 aliphatic heterocycles. The number of aromatic amines is 1. The Hall–Kier alpha value is -3.11. The number of rotatable bonds is 3. The zero-order valence-corrected chi connectivity index (χ0v) is 13.3. The topological polar surface area (TPSA) is 87.2 Å². The Kier molecular flexibility index (Phi) is 4.08. The van der Waals surface area contributed by atoms with E-state index in [1.807, 2.05) is 41.8 Å². The van der Waals surface area contributed by atoms with Crippen molar-refractivity contribution in [1.29, 1.82) is 15.8 Å². The van der Waals surface area contributed by atoms with Gasteiger partial charge in [0.15, 0.2) is 0 Å². The van der Waals surface area contributed by atoms with Crippen LogP contribution in [0.1, 0.15) is 4.88 Å².